The number of nitrogens with one attached hydrogen (secondary N) is 1. The van der Waals surface area contributed by atoms with Gasteiger partial charge in [-0.3, -0.25) is 9.78 Å². The van der Waals surface area contributed by atoms with Gasteiger partial charge in [-0.15, -0.1) is 11.8 Å². The van der Waals surface area contributed by atoms with E-state index in [9.17, 15) is 4.79 Å². The molecule has 0 bridgehead atoms. The summed E-state index contributed by atoms with van der Waals surface area (Å²) in [6, 6.07) is 18.9. The van der Waals surface area contributed by atoms with Gasteiger partial charge in [-0.1, -0.05) is 23.7 Å². The molecule has 3 rings (SSSR count). The Bertz CT molecular complexity index is 881. The van der Waals surface area contributed by atoms with Crippen molar-refractivity contribution in [1.29, 1.82) is 0 Å². The molecule has 0 radical (unpaired) electrons. The summed E-state index contributed by atoms with van der Waals surface area (Å²) in [4.78, 5) is 17.2. The predicted molar refractivity (Wildman–Crippen MR) is 107 cm³/mol. The van der Waals surface area contributed by atoms with Crippen molar-refractivity contribution >= 4 is 35.5 Å². The zero-order valence-corrected chi connectivity index (χ0v) is 15.4. The Morgan fingerprint density at radius 2 is 1.73 bits per heavy atom. The quantitative estimate of drug-likeness (QED) is 0.379. The lowest BCUT2D eigenvalue weighted by atomic mass is 10.1. The molecule has 130 valence electrons. The van der Waals surface area contributed by atoms with Gasteiger partial charge >= 0.3 is 0 Å². The number of benzene rings is 2. The van der Waals surface area contributed by atoms with Crippen LogP contribution in [0, 0.1) is 0 Å². The topological polar surface area (TPSA) is 54.4 Å². The van der Waals surface area contributed by atoms with Crippen LogP contribution in [0.3, 0.4) is 0 Å². The Hall–Kier alpha value is -2.63. The third-order valence-electron chi connectivity index (χ3n) is 3.52. The first-order chi connectivity index (χ1) is 12.7. The first kappa shape index (κ1) is 18.2. The van der Waals surface area contributed by atoms with E-state index >= 15 is 0 Å². The summed E-state index contributed by atoms with van der Waals surface area (Å²) in [7, 11) is 0. The number of carbonyl (C=O) groups is 1. The Kier molecular flexibility index (Phi) is 6.41. The average Bonchev–Trinajstić information content (AvgIpc) is 2.69. The van der Waals surface area contributed by atoms with E-state index in [0.717, 1.165) is 26.8 Å². The normalized spacial score (nSPS) is 10.8. The highest BCUT2D eigenvalue weighted by molar-refractivity contribution is 7.98. The zero-order valence-electron chi connectivity index (χ0n) is 13.8. The van der Waals surface area contributed by atoms with Gasteiger partial charge in [0, 0.05) is 33.6 Å². The van der Waals surface area contributed by atoms with Crippen molar-refractivity contribution in [3.8, 4) is 0 Å². The molecule has 1 heterocycles. The largest absolute Gasteiger partial charge is 0.271 e. The van der Waals surface area contributed by atoms with Crippen molar-refractivity contribution in [2.75, 3.05) is 0 Å². The highest BCUT2D eigenvalue weighted by atomic mass is 35.5. The molecule has 4 nitrogen and oxygen atoms in total. The Morgan fingerprint density at radius 3 is 2.42 bits per heavy atom. The maximum Gasteiger partial charge on any atom is 0.271 e. The first-order valence-corrected chi connectivity index (χ1v) is 9.28. The number of hydrogen-bond acceptors (Lipinski definition) is 4. The predicted octanol–water partition coefficient (Wildman–Crippen LogP) is 4.79. The smallest absolute Gasteiger partial charge is 0.267 e. The van der Waals surface area contributed by atoms with E-state index in [4.69, 9.17) is 11.6 Å². The Balaban J connectivity index is 1.52. The maximum atomic E-state index is 12.1. The molecule has 3 aromatic rings. The van der Waals surface area contributed by atoms with Gasteiger partial charge in [0.15, 0.2) is 0 Å². The van der Waals surface area contributed by atoms with E-state index in [1.807, 2.05) is 48.5 Å². The van der Waals surface area contributed by atoms with Gasteiger partial charge in [-0.25, -0.2) is 5.43 Å². The minimum Gasteiger partial charge on any atom is -0.267 e. The fraction of sp³-hybridized carbons (Fsp3) is 0.0500. The number of carbonyl (C=O) groups excluding carboxylic acids is 1. The zero-order chi connectivity index (χ0) is 18.2. The van der Waals surface area contributed by atoms with Crippen molar-refractivity contribution in [2.24, 2.45) is 5.10 Å². The van der Waals surface area contributed by atoms with E-state index in [2.05, 4.69) is 15.5 Å². The van der Waals surface area contributed by atoms with Gasteiger partial charge in [-0.2, -0.15) is 5.10 Å². The van der Waals surface area contributed by atoms with Crippen LogP contribution >= 0.6 is 23.4 Å². The molecule has 1 aromatic heterocycles. The van der Waals surface area contributed by atoms with Crippen LogP contribution in [0.25, 0.3) is 0 Å². The van der Waals surface area contributed by atoms with Crippen LogP contribution in [0.15, 0.2) is 83.1 Å². The number of amides is 1. The number of rotatable bonds is 6. The molecule has 0 saturated heterocycles. The lowest BCUT2D eigenvalue weighted by molar-refractivity contribution is 0.0955. The van der Waals surface area contributed by atoms with Crippen LogP contribution in [0.1, 0.15) is 21.5 Å². The highest BCUT2D eigenvalue weighted by Crippen LogP contribution is 2.24. The molecule has 0 unspecified atom stereocenters. The molecule has 1 N–H and O–H groups in total. The van der Waals surface area contributed by atoms with Crippen LogP contribution in [-0.4, -0.2) is 17.1 Å². The second-order valence-corrected chi connectivity index (χ2v) is 6.90. The summed E-state index contributed by atoms with van der Waals surface area (Å²) in [6.45, 7) is 0. The molecule has 0 fully saturated rings. The van der Waals surface area contributed by atoms with Crippen LogP contribution in [0.4, 0.5) is 0 Å². The van der Waals surface area contributed by atoms with Crippen molar-refractivity contribution in [3.05, 3.63) is 94.8 Å². The average molecular weight is 382 g/mol. The number of hydrogen-bond donors (Lipinski definition) is 1. The molecule has 0 saturated carbocycles. The molecule has 2 aromatic carbocycles. The van der Waals surface area contributed by atoms with Crippen LogP contribution in [-0.2, 0) is 5.75 Å². The third kappa shape index (κ3) is 5.44. The lowest BCUT2D eigenvalue weighted by Crippen LogP contribution is -2.17. The molecular formula is C20H16ClN3OS. The van der Waals surface area contributed by atoms with E-state index in [-0.39, 0.29) is 5.91 Å². The second kappa shape index (κ2) is 9.17. The van der Waals surface area contributed by atoms with Gasteiger partial charge in [0.25, 0.3) is 5.91 Å². The number of aromatic nitrogens is 1. The first-order valence-electron chi connectivity index (χ1n) is 7.91. The van der Waals surface area contributed by atoms with Gasteiger partial charge in [0.05, 0.1) is 6.21 Å². The molecule has 6 heteroatoms. The third-order valence-corrected chi connectivity index (χ3v) is 4.86. The van der Waals surface area contributed by atoms with E-state index < -0.39 is 0 Å². The Morgan fingerprint density at radius 1 is 1.04 bits per heavy atom. The van der Waals surface area contributed by atoms with E-state index in [1.165, 1.54) is 0 Å². The van der Waals surface area contributed by atoms with Gasteiger partial charge in [-0.05, 0) is 59.7 Å². The summed E-state index contributed by atoms with van der Waals surface area (Å²) < 4.78 is 0. The van der Waals surface area contributed by atoms with Crippen molar-refractivity contribution in [3.63, 3.8) is 0 Å². The molecule has 0 atom stereocenters. The second-order valence-electron chi connectivity index (χ2n) is 5.42. The van der Waals surface area contributed by atoms with Crippen molar-refractivity contribution in [2.45, 2.75) is 10.6 Å². The number of hydrazone groups is 1. The summed E-state index contributed by atoms with van der Waals surface area (Å²) >= 11 is 7.61. The van der Waals surface area contributed by atoms with Crippen molar-refractivity contribution < 1.29 is 4.79 Å². The summed E-state index contributed by atoms with van der Waals surface area (Å²) in [5.74, 6) is 0.580. The molecule has 0 aliphatic rings. The van der Waals surface area contributed by atoms with Crippen LogP contribution < -0.4 is 5.43 Å². The molecule has 0 aliphatic heterocycles. The van der Waals surface area contributed by atoms with Gasteiger partial charge in [0.2, 0.25) is 0 Å². The van der Waals surface area contributed by atoms with Crippen LogP contribution in [0.2, 0.25) is 5.02 Å². The van der Waals surface area contributed by atoms with Crippen molar-refractivity contribution in [1.82, 2.24) is 10.4 Å². The number of halogens is 1. The Labute approximate surface area is 161 Å². The van der Waals surface area contributed by atoms with Gasteiger partial charge < -0.3 is 0 Å². The molecule has 0 spiro atoms. The van der Waals surface area contributed by atoms with Gasteiger partial charge in [0.1, 0.15) is 0 Å². The summed E-state index contributed by atoms with van der Waals surface area (Å²) in [5, 5.41) is 4.69. The fourth-order valence-electron chi connectivity index (χ4n) is 2.13. The summed E-state index contributed by atoms with van der Waals surface area (Å²) in [5.41, 5.74) is 5.10. The van der Waals surface area contributed by atoms with Crippen LogP contribution in [0.5, 0.6) is 0 Å². The minimum atomic E-state index is -0.243. The van der Waals surface area contributed by atoms with E-state index in [1.54, 1.807) is 42.5 Å². The SMILES string of the molecule is O=C(NN=Cc1ccncc1)c1ccc(CSc2ccc(Cl)cc2)cc1. The minimum absolute atomic E-state index is 0.243. The molecule has 26 heavy (non-hydrogen) atoms. The number of pyridine rings is 1. The monoisotopic (exact) mass is 381 g/mol. The molecular weight excluding hydrogens is 366 g/mol. The highest BCUT2D eigenvalue weighted by Gasteiger charge is 2.04. The van der Waals surface area contributed by atoms with E-state index in [0.29, 0.717) is 5.56 Å². The fourth-order valence-corrected chi connectivity index (χ4v) is 3.11. The molecule has 1 amide bonds. The molecule has 0 aliphatic carbocycles. The number of thioether (sulfide) groups is 1. The maximum absolute atomic E-state index is 12.1. The lowest BCUT2D eigenvalue weighted by Gasteiger charge is -2.04. The number of nitrogens with zero attached hydrogens (tertiary/aromatic N) is 2. The standard InChI is InChI=1S/C20H16ClN3OS/c21-18-5-7-19(8-6-18)26-14-16-1-3-17(4-2-16)20(25)24-23-13-15-9-11-22-12-10-15/h1-13H,14H2,(H,24,25). The summed E-state index contributed by atoms with van der Waals surface area (Å²) in [6.07, 6.45) is 4.92.